The van der Waals surface area contributed by atoms with Crippen LogP contribution in [0, 0.1) is 21.7 Å². The molecular weight excluding hydrogens is 339 g/mol. The number of hydrogen-bond acceptors (Lipinski definition) is 3. The smallest absolute Gasteiger partial charge is 0.322 e. The van der Waals surface area contributed by atoms with Gasteiger partial charge in [-0.25, -0.2) is 8.78 Å². The minimum absolute atomic E-state index is 0.219. The van der Waals surface area contributed by atoms with Gasteiger partial charge in [0, 0.05) is 5.69 Å². The second kappa shape index (κ2) is 6.22. The van der Waals surface area contributed by atoms with Gasteiger partial charge >= 0.3 is 6.18 Å². The van der Waals surface area contributed by atoms with Crippen LogP contribution >= 0.6 is 0 Å². The molecule has 10 heteroatoms. The minimum atomic E-state index is -4.66. The second-order valence-electron chi connectivity index (χ2n) is 4.57. The number of nitrogens with zero attached hydrogens (tertiary/aromatic N) is 1. The molecule has 0 bridgehead atoms. The third-order valence-electron chi connectivity index (χ3n) is 2.93. The van der Waals surface area contributed by atoms with Gasteiger partial charge in [-0.1, -0.05) is 6.07 Å². The van der Waals surface area contributed by atoms with E-state index in [-0.39, 0.29) is 11.8 Å². The van der Waals surface area contributed by atoms with E-state index >= 15 is 0 Å². The van der Waals surface area contributed by atoms with Crippen LogP contribution in [0.3, 0.4) is 0 Å². The molecule has 0 aromatic heterocycles. The number of nitro benzene ring substituents is 1. The summed E-state index contributed by atoms with van der Waals surface area (Å²) < 4.78 is 64.1. The summed E-state index contributed by atoms with van der Waals surface area (Å²) in [6.07, 6.45) is -4.66. The second-order valence-corrected chi connectivity index (χ2v) is 4.57. The van der Waals surface area contributed by atoms with Gasteiger partial charge in [-0.05, 0) is 24.3 Å². The van der Waals surface area contributed by atoms with E-state index in [1.165, 1.54) is 0 Å². The van der Waals surface area contributed by atoms with Crippen molar-refractivity contribution >= 4 is 17.3 Å². The molecule has 0 saturated heterocycles. The Morgan fingerprint density at radius 2 is 1.71 bits per heavy atom. The van der Waals surface area contributed by atoms with Crippen LogP contribution in [-0.2, 0) is 6.18 Å². The first-order valence-electron chi connectivity index (χ1n) is 6.21. The molecule has 1 amide bonds. The molecule has 2 aromatic carbocycles. The van der Waals surface area contributed by atoms with Crippen molar-refractivity contribution in [3.63, 3.8) is 0 Å². The molecule has 0 spiro atoms. The Bertz CT molecular complexity index is 821. The van der Waals surface area contributed by atoms with Gasteiger partial charge in [0.05, 0.1) is 16.6 Å². The predicted octanol–water partition coefficient (Wildman–Crippen LogP) is 4.14. The van der Waals surface area contributed by atoms with Gasteiger partial charge in [0.25, 0.3) is 11.6 Å². The molecule has 0 fully saturated rings. The summed E-state index contributed by atoms with van der Waals surface area (Å²) in [5.41, 5.74) is -3.20. The van der Waals surface area contributed by atoms with Crippen molar-refractivity contribution < 1.29 is 31.7 Å². The number of nitrogens with one attached hydrogen (secondary N) is 1. The van der Waals surface area contributed by atoms with E-state index in [2.05, 4.69) is 0 Å². The molecule has 0 saturated carbocycles. The maximum Gasteiger partial charge on any atom is 0.416 e. The molecule has 0 unspecified atom stereocenters. The van der Waals surface area contributed by atoms with E-state index < -0.39 is 45.5 Å². The van der Waals surface area contributed by atoms with Crippen LogP contribution in [0.1, 0.15) is 15.9 Å². The summed E-state index contributed by atoms with van der Waals surface area (Å²) in [4.78, 5) is 21.7. The number of hydrogen-bond donors (Lipinski definition) is 1. The number of carbonyl (C=O) groups excluding carboxylic acids is 1. The van der Waals surface area contributed by atoms with Crippen molar-refractivity contribution in [3.05, 3.63) is 69.3 Å². The van der Waals surface area contributed by atoms with Crippen LogP contribution in [0.15, 0.2) is 36.4 Å². The Kier molecular flexibility index (Phi) is 4.49. The summed E-state index contributed by atoms with van der Waals surface area (Å²) in [6.45, 7) is 0. The maximum absolute atomic E-state index is 13.2. The average molecular weight is 346 g/mol. The molecule has 0 aliphatic carbocycles. The lowest BCUT2D eigenvalue weighted by atomic mass is 10.1. The summed E-state index contributed by atoms with van der Waals surface area (Å²) in [6, 6.07) is 4.00. The molecule has 0 aliphatic rings. The van der Waals surface area contributed by atoms with Crippen LogP contribution in [0.25, 0.3) is 0 Å². The zero-order valence-electron chi connectivity index (χ0n) is 11.5. The Morgan fingerprint density at radius 3 is 2.29 bits per heavy atom. The van der Waals surface area contributed by atoms with E-state index in [1.807, 2.05) is 5.32 Å². The fourth-order valence-corrected chi connectivity index (χ4v) is 1.84. The Hall–Kier alpha value is -3.04. The highest BCUT2D eigenvalue weighted by molar-refractivity contribution is 6.07. The quantitative estimate of drug-likeness (QED) is 0.516. The van der Waals surface area contributed by atoms with Crippen LogP contribution in [0.5, 0.6) is 0 Å². The Morgan fingerprint density at radius 1 is 1.08 bits per heavy atom. The summed E-state index contributed by atoms with van der Waals surface area (Å²) in [7, 11) is 0. The van der Waals surface area contributed by atoms with Crippen LogP contribution in [0.4, 0.5) is 33.3 Å². The molecule has 5 nitrogen and oxygen atoms in total. The lowest BCUT2D eigenvalue weighted by Crippen LogP contribution is -2.15. The van der Waals surface area contributed by atoms with E-state index in [4.69, 9.17) is 0 Å². The van der Waals surface area contributed by atoms with E-state index in [1.54, 1.807) is 0 Å². The standard InChI is InChI=1S/C14H7F5N2O3/c15-10-5-9(12(21(23)24)6-11(10)16)13(22)20-8-3-1-2-7(4-8)14(17,18)19/h1-6H,(H,20,22). The molecule has 24 heavy (non-hydrogen) atoms. The van der Waals surface area contributed by atoms with Crippen LogP contribution < -0.4 is 5.32 Å². The highest BCUT2D eigenvalue weighted by atomic mass is 19.4. The first kappa shape index (κ1) is 17.3. The first-order valence-corrected chi connectivity index (χ1v) is 6.21. The largest absolute Gasteiger partial charge is 0.416 e. The van der Waals surface area contributed by atoms with E-state index in [9.17, 15) is 36.9 Å². The zero-order valence-corrected chi connectivity index (χ0v) is 11.5. The molecule has 0 radical (unpaired) electrons. The van der Waals surface area contributed by atoms with Gasteiger partial charge in [-0.3, -0.25) is 14.9 Å². The predicted molar refractivity (Wildman–Crippen MR) is 72.4 cm³/mol. The van der Waals surface area contributed by atoms with Crippen LogP contribution in [0.2, 0.25) is 0 Å². The van der Waals surface area contributed by atoms with Crippen molar-refractivity contribution in [2.45, 2.75) is 6.18 Å². The molecule has 1 N–H and O–H groups in total. The van der Waals surface area contributed by atoms with Crippen molar-refractivity contribution in [3.8, 4) is 0 Å². The van der Waals surface area contributed by atoms with Gasteiger partial charge in [0.15, 0.2) is 11.6 Å². The van der Waals surface area contributed by atoms with Crippen molar-refractivity contribution in [1.82, 2.24) is 0 Å². The number of carbonyl (C=O) groups is 1. The number of halogens is 5. The number of anilines is 1. The molecular formula is C14H7F5N2O3. The first-order chi connectivity index (χ1) is 11.1. The highest BCUT2D eigenvalue weighted by Gasteiger charge is 2.31. The Labute approximate surface area is 130 Å². The summed E-state index contributed by atoms with van der Waals surface area (Å²) >= 11 is 0. The van der Waals surface area contributed by atoms with Gasteiger partial charge in [0.2, 0.25) is 0 Å². The molecule has 126 valence electrons. The fraction of sp³-hybridized carbons (Fsp3) is 0.0714. The van der Waals surface area contributed by atoms with Gasteiger partial charge in [-0.15, -0.1) is 0 Å². The van der Waals surface area contributed by atoms with Gasteiger partial charge in [0.1, 0.15) is 5.56 Å². The normalized spacial score (nSPS) is 11.2. The summed E-state index contributed by atoms with van der Waals surface area (Å²) in [5.74, 6) is -4.29. The topological polar surface area (TPSA) is 72.2 Å². The fourth-order valence-electron chi connectivity index (χ4n) is 1.84. The SMILES string of the molecule is O=C(Nc1cccc(C(F)(F)F)c1)c1cc(F)c(F)cc1[N+](=O)[O-]. The van der Waals surface area contributed by atoms with Gasteiger partial charge in [-0.2, -0.15) is 13.2 Å². The number of benzene rings is 2. The number of alkyl halides is 3. The maximum atomic E-state index is 13.2. The van der Waals surface area contributed by atoms with E-state index in [0.29, 0.717) is 12.1 Å². The Balaban J connectivity index is 2.37. The van der Waals surface area contributed by atoms with E-state index in [0.717, 1.165) is 18.2 Å². The van der Waals surface area contributed by atoms with Crippen LogP contribution in [-0.4, -0.2) is 10.8 Å². The number of rotatable bonds is 3. The zero-order chi connectivity index (χ0) is 18.1. The third kappa shape index (κ3) is 3.65. The molecule has 2 rings (SSSR count). The molecule has 0 heterocycles. The van der Waals surface area contributed by atoms with Crippen molar-refractivity contribution in [2.75, 3.05) is 5.32 Å². The molecule has 0 atom stereocenters. The van der Waals surface area contributed by atoms with Gasteiger partial charge < -0.3 is 5.32 Å². The molecule has 2 aromatic rings. The molecule has 0 aliphatic heterocycles. The minimum Gasteiger partial charge on any atom is -0.322 e. The van der Waals surface area contributed by atoms with Crippen molar-refractivity contribution in [2.24, 2.45) is 0 Å². The summed E-state index contributed by atoms with van der Waals surface area (Å²) in [5, 5.41) is 12.8. The average Bonchev–Trinajstić information content (AvgIpc) is 2.48. The lowest BCUT2D eigenvalue weighted by molar-refractivity contribution is -0.385. The number of amides is 1. The number of nitro groups is 1. The lowest BCUT2D eigenvalue weighted by Gasteiger charge is -2.10. The van der Waals surface area contributed by atoms with Crippen molar-refractivity contribution in [1.29, 1.82) is 0 Å². The monoisotopic (exact) mass is 346 g/mol. The third-order valence-corrected chi connectivity index (χ3v) is 2.93. The highest BCUT2D eigenvalue weighted by Crippen LogP contribution is 2.31.